The first-order valence-corrected chi connectivity index (χ1v) is 5.72. The van der Waals surface area contributed by atoms with Gasteiger partial charge in [0.15, 0.2) is 0 Å². The van der Waals surface area contributed by atoms with Crippen molar-refractivity contribution in [2.24, 2.45) is 5.41 Å². The molecule has 16 heavy (non-hydrogen) atoms. The van der Waals surface area contributed by atoms with Gasteiger partial charge in [-0.2, -0.15) is 0 Å². The molecule has 0 amide bonds. The summed E-state index contributed by atoms with van der Waals surface area (Å²) in [6.45, 7) is 0.832. The Hall–Kier alpha value is -1.35. The maximum absolute atomic E-state index is 11.0. The van der Waals surface area contributed by atoms with Gasteiger partial charge in [-0.15, -0.1) is 0 Å². The van der Waals surface area contributed by atoms with Gasteiger partial charge in [-0.1, -0.05) is 24.3 Å². The lowest BCUT2D eigenvalue weighted by Gasteiger charge is -2.20. The molecule has 3 rings (SSSR count). The van der Waals surface area contributed by atoms with Crippen molar-refractivity contribution < 1.29 is 9.90 Å². The van der Waals surface area contributed by atoms with Gasteiger partial charge in [-0.25, -0.2) is 0 Å². The van der Waals surface area contributed by atoms with E-state index in [1.54, 1.807) is 0 Å². The Morgan fingerprint density at radius 3 is 2.44 bits per heavy atom. The van der Waals surface area contributed by atoms with Crippen molar-refractivity contribution in [2.45, 2.75) is 25.3 Å². The second-order valence-corrected chi connectivity index (χ2v) is 5.10. The summed E-state index contributed by atoms with van der Waals surface area (Å²) in [6, 6.07) is 8.11. The minimum Gasteiger partial charge on any atom is -0.480 e. The molecule has 0 bridgehead atoms. The Bertz CT molecular complexity index is 416. The maximum Gasteiger partial charge on any atom is 0.320 e. The summed E-state index contributed by atoms with van der Waals surface area (Å²) in [4.78, 5) is 11.0. The molecule has 1 atom stereocenters. The fourth-order valence-corrected chi connectivity index (χ4v) is 3.13. The molecule has 1 aliphatic carbocycles. The van der Waals surface area contributed by atoms with E-state index in [0.29, 0.717) is 0 Å². The second-order valence-electron chi connectivity index (χ2n) is 5.10. The zero-order valence-corrected chi connectivity index (χ0v) is 9.07. The van der Waals surface area contributed by atoms with Crippen molar-refractivity contribution in [2.75, 3.05) is 6.54 Å². The number of hydrogen-bond donors (Lipinski definition) is 2. The number of aliphatic carboxylic acids is 1. The van der Waals surface area contributed by atoms with Crippen LogP contribution in [0, 0.1) is 5.41 Å². The first-order valence-electron chi connectivity index (χ1n) is 5.72. The summed E-state index contributed by atoms with van der Waals surface area (Å²) in [6.07, 6.45) is 2.82. The quantitative estimate of drug-likeness (QED) is 0.743. The molecule has 1 heterocycles. The topological polar surface area (TPSA) is 49.3 Å². The zero-order valence-electron chi connectivity index (χ0n) is 9.07. The largest absolute Gasteiger partial charge is 0.480 e. The highest BCUT2D eigenvalue weighted by molar-refractivity contribution is 5.74. The van der Waals surface area contributed by atoms with Crippen LogP contribution in [0.3, 0.4) is 0 Å². The Balaban J connectivity index is 1.83. The predicted molar refractivity (Wildman–Crippen MR) is 60.3 cm³/mol. The second kappa shape index (κ2) is 3.32. The normalized spacial score (nSPS) is 25.9. The van der Waals surface area contributed by atoms with Crippen LogP contribution in [0.15, 0.2) is 24.3 Å². The molecule has 0 unspecified atom stereocenters. The molecule has 1 spiro atoms. The van der Waals surface area contributed by atoms with Crippen LogP contribution in [0.25, 0.3) is 0 Å². The van der Waals surface area contributed by atoms with Gasteiger partial charge in [-0.05, 0) is 35.8 Å². The van der Waals surface area contributed by atoms with Crippen LogP contribution >= 0.6 is 0 Å². The number of fused-ring (bicyclic) bond motifs is 1. The average molecular weight is 217 g/mol. The van der Waals surface area contributed by atoms with Gasteiger partial charge in [-0.3, -0.25) is 4.79 Å². The monoisotopic (exact) mass is 217 g/mol. The lowest BCUT2D eigenvalue weighted by molar-refractivity contribution is -0.139. The summed E-state index contributed by atoms with van der Waals surface area (Å²) in [5, 5.41) is 12.1. The molecule has 2 aliphatic rings. The van der Waals surface area contributed by atoms with Crippen LogP contribution in [0.2, 0.25) is 0 Å². The van der Waals surface area contributed by atoms with Crippen molar-refractivity contribution in [3.63, 3.8) is 0 Å². The number of carbonyl (C=O) groups is 1. The summed E-state index contributed by atoms with van der Waals surface area (Å²) < 4.78 is 0. The number of carboxylic acids is 1. The highest BCUT2D eigenvalue weighted by atomic mass is 16.4. The third-order valence-corrected chi connectivity index (χ3v) is 3.91. The smallest absolute Gasteiger partial charge is 0.320 e. The lowest BCUT2D eigenvalue weighted by Crippen LogP contribution is -2.30. The summed E-state index contributed by atoms with van der Waals surface area (Å²) in [5.41, 5.74) is 2.96. The van der Waals surface area contributed by atoms with E-state index in [-0.39, 0.29) is 11.5 Å². The standard InChI is InChI=1S/C13H15NO2/c15-12(16)11-7-13(8-14-11)5-9-3-1-2-4-10(9)6-13/h1-4,11,14H,5-8H2,(H,15,16)/t11-/m0/s1. The number of hydrogen-bond acceptors (Lipinski definition) is 2. The molecule has 0 radical (unpaired) electrons. The molecule has 84 valence electrons. The van der Waals surface area contributed by atoms with Crippen LogP contribution < -0.4 is 5.32 Å². The molecule has 3 heteroatoms. The molecule has 1 aromatic carbocycles. The van der Waals surface area contributed by atoms with Crippen LogP contribution in [0.1, 0.15) is 17.5 Å². The van der Waals surface area contributed by atoms with Crippen LogP contribution in [-0.2, 0) is 17.6 Å². The van der Waals surface area contributed by atoms with E-state index in [2.05, 4.69) is 29.6 Å². The molecule has 0 saturated carbocycles. The Morgan fingerprint density at radius 2 is 1.94 bits per heavy atom. The van der Waals surface area contributed by atoms with Gasteiger partial charge in [0.25, 0.3) is 0 Å². The van der Waals surface area contributed by atoms with E-state index in [9.17, 15) is 4.79 Å². The number of rotatable bonds is 1. The minimum atomic E-state index is -0.715. The van der Waals surface area contributed by atoms with Gasteiger partial charge in [0.2, 0.25) is 0 Å². The van der Waals surface area contributed by atoms with Crippen LogP contribution in [-0.4, -0.2) is 23.7 Å². The van der Waals surface area contributed by atoms with Gasteiger partial charge >= 0.3 is 5.97 Å². The fraction of sp³-hybridized carbons (Fsp3) is 0.462. The molecule has 1 aliphatic heterocycles. The van der Waals surface area contributed by atoms with E-state index in [4.69, 9.17) is 5.11 Å². The maximum atomic E-state index is 11.0. The van der Waals surface area contributed by atoms with Crippen molar-refractivity contribution in [3.05, 3.63) is 35.4 Å². The first-order chi connectivity index (χ1) is 7.69. The minimum absolute atomic E-state index is 0.159. The molecule has 1 fully saturated rings. The van der Waals surface area contributed by atoms with Gasteiger partial charge in [0.05, 0.1) is 0 Å². The first kappa shape index (κ1) is 9.85. The Morgan fingerprint density at radius 1 is 1.31 bits per heavy atom. The van der Waals surface area contributed by atoms with E-state index in [1.165, 1.54) is 11.1 Å². The highest BCUT2D eigenvalue weighted by Crippen LogP contribution is 2.42. The van der Waals surface area contributed by atoms with Crippen LogP contribution in [0.5, 0.6) is 0 Å². The van der Waals surface area contributed by atoms with Crippen molar-refractivity contribution in [1.29, 1.82) is 0 Å². The van der Waals surface area contributed by atoms with Gasteiger partial charge < -0.3 is 10.4 Å². The molecule has 0 aromatic heterocycles. The zero-order chi connectivity index (χ0) is 11.2. The number of benzene rings is 1. The summed E-state index contributed by atoms with van der Waals surface area (Å²) >= 11 is 0. The third-order valence-electron chi connectivity index (χ3n) is 3.91. The SMILES string of the molecule is O=C(O)[C@@H]1CC2(CN1)Cc1ccccc1C2. The third kappa shape index (κ3) is 1.43. The molecule has 1 aromatic rings. The Kier molecular flexibility index (Phi) is 2.04. The summed E-state index contributed by atoms with van der Waals surface area (Å²) in [7, 11) is 0. The number of nitrogens with one attached hydrogen (secondary N) is 1. The van der Waals surface area contributed by atoms with Crippen molar-refractivity contribution >= 4 is 5.97 Å². The molecular formula is C13H15NO2. The summed E-state index contributed by atoms with van der Waals surface area (Å²) in [5.74, 6) is -0.715. The molecule has 3 nitrogen and oxygen atoms in total. The van der Waals surface area contributed by atoms with E-state index in [1.807, 2.05) is 0 Å². The van der Waals surface area contributed by atoms with Crippen LogP contribution in [0.4, 0.5) is 0 Å². The highest BCUT2D eigenvalue weighted by Gasteiger charge is 2.45. The van der Waals surface area contributed by atoms with Gasteiger partial charge in [0.1, 0.15) is 6.04 Å². The molecular weight excluding hydrogens is 202 g/mol. The van der Waals surface area contributed by atoms with Crippen molar-refractivity contribution in [1.82, 2.24) is 5.32 Å². The molecule has 2 N–H and O–H groups in total. The Labute approximate surface area is 94.5 Å². The number of carboxylic acid groups (broad SMARTS) is 1. The van der Waals surface area contributed by atoms with E-state index < -0.39 is 5.97 Å². The average Bonchev–Trinajstić information content (AvgIpc) is 2.82. The van der Waals surface area contributed by atoms with Gasteiger partial charge in [0, 0.05) is 6.54 Å². The van der Waals surface area contributed by atoms with E-state index >= 15 is 0 Å². The lowest BCUT2D eigenvalue weighted by atomic mass is 9.82. The molecule has 1 saturated heterocycles. The fourth-order valence-electron chi connectivity index (χ4n) is 3.13. The predicted octanol–water partition coefficient (Wildman–Crippen LogP) is 1.22. The van der Waals surface area contributed by atoms with Crippen molar-refractivity contribution in [3.8, 4) is 0 Å². The van der Waals surface area contributed by atoms with E-state index in [0.717, 1.165) is 25.8 Å².